The Bertz CT molecular complexity index is 915. The molecule has 1 aromatic heterocycles. The van der Waals surface area contributed by atoms with Crippen LogP contribution in [-0.4, -0.2) is 17.5 Å². The summed E-state index contributed by atoms with van der Waals surface area (Å²) in [6, 6.07) is 10.1. The number of thiazole rings is 1. The fourth-order valence-electron chi connectivity index (χ4n) is 2.44. The van der Waals surface area contributed by atoms with Crippen LogP contribution in [0.4, 0.5) is 5.13 Å². The maximum absolute atomic E-state index is 12.1. The van der Waals surface area contributed by atoms with Crippen molar-refractivity contribution in [2.24, 2.45) is 0 Å². The van der Waals surface area contributed by atoms with E-state index in [-0.39, 0.29) is 12.5 Å². The smallest absolute Gasteiger partial charge is 0.264 e. The van der Waals surface area contributed by atoms with E-state index < -0.39 is 0 Å². The second kappa shape index (κ2) is 6.61. The third kappa shape index (κ3) is 3.41. The van der Waals surface area contributed by atoms with Crippen LogP contribution in [-0.2, 0) is 4.79 Å². The summed E-state index contributed by atoms with van der Waals surface area (Å²) in [5.41, 5.74) is 5.41. The Hall–Kier alpha value is -2.40. The minimum atomic E-state index is -0.204. The Morgan fingerprint density at radius 3 is 2.67 bits per heavy atom. The van der Waals surface area contributed by atoms with Gasteiger partial charge in [-0.25, -0.2) is 4.98 Å². The summed E-state index contributed by atoms with van der Waals surface area (Å²) in [4.78, 5) is 16.7. The number of fused-ring (bicyclic) bond motifs is 1. The monoisotopic (exact) mass is 340 g/mol. The molecular weight excluding hydrogens is 320 g/mol. The summed E-state index contributed by atoms with van der Waals surface area (Å²) in [6.45, 7) is 8.04. The zero-order chi connectivity index (χ0) is 17.3. The summed E-state index contributed by atoms with van der Waals surface area (Å²) in [6.07, 6.45) is 0. The number of rotatable bonds is 4. The molecule has 3 rings (SSSR count). The highest BCUT2D eigenvalue weighted by Crippen LogP contribution is 2.29. The summed E-state index contributed by atoms with van der Waals surface area (Å²) < 4.78 is 6.71. The third-order valence-corrected chi connectivity index (χ3v) is 4.97. The first-order chi connectivity index (χ1) is 11.4. The summed E-state index contributed by atoms with van der Waals surface area (Å²) >= 11 is 1.48. The number of nitrogens with one attached hydrogen (secondary N) is 1. The van der Waals surface area contributed by atoms with Crippen molar-refractivity contribution in [3.63, 3.8) is 0 Å². The van der Waals surface area contributed by atoms with E-state index in [0.717, 1.165) is 32.7 Å². The number of benzene rings is 2. The Labute approximate surface area is 145 Å². The number of carbonyl (C=O) groups is 1. The molecule has 0 saturated carbocycles. The lowest BCUT2D eigenvalue weighted by molar-refractivity contribution is -0.118. The van der Waals surface area contributed by atoms with Crippen molar-refractivity contribution in [2.75, 3.05) is 11.9 Å². The SMILES string of the molecule is Cc1ccc(C)c(OCC(=O)Nc2nc3c(C)c(C)ccc3s2)c1. The highest BCUT2D eigenvalue weighted by atomic mass is 32.1. The minimum Gasteiger partial charge on any atom is -0.483 e. The fourth-order valence-corrected chi connectivity index (χ4v) is 3.38. The molecule has 0 unspecified atom stereocenters. The lowest BCUT2D eigenvalue weighted by atomic mass is 10.1. The number of aromatic nitrogens is 1. The molecule has 0 atom stereocenters. The molecule has 0 fully saturated rings. The quantitative estimate of drug-likeness (QED) is 0.758. The van der Waals surface area contributed by atoms with Gasteiger partial charge < -0.3 is 4.74 Å². The first-order valence-electron chi connectivity index (χ1n) is 7.80. The summed E-state index contributed by atoms with van der Waals surface area (Å²) in [5.74, 6) is 0.533. The molecule has 0 spiro atoms. The van der Waals surface area contributed by atoms with Gasteiger partial charge in [0.25, 0.3) is 5.91 Å². The predicted octanol–water partition coefficient (Wildman–Crippen LogP) is 4.55. The zero-order valence-corrected chi connectivity index (χ0v) is 15.1. The number of hydrogen-bond donors (Lipinski definition) is 1. The molecule has 1 heterocycles. The topological polar surface area (TPSA) is 51.2 Å². The molecule has 0 aliphatic carbocycles. The molecule has 0 saturated heterocycles. The van der Waals surface area contributed by atoms with Gasteiger partial charge in [0.2, 0.25) is 0 Å². The lowest BCUT2D eigenvalue weighted by Gasteiger charge is -2.09. The first kappa shape index (κ1) is 16.5. The van der Waals surface area contributed by atoms with Gasteiger partial charge in [-0.15, -0.1) is 0 Å². The molecule has 0 radical (unpaired) electrons. The molecule has 1 amide bonds. The van der Waals surface area contributed by atoms with Crippen LogP contribution in [0, 0.1) is 27.7 Å². The first-order valence-corrected chi connectivity index (χ1v) is 8.62. The predicted molar refractivity (Wildman–Crippen MR) is 99.1 cm³/mol. The van der Waals surface area contributed by atoms with Crippen molar-refractivity contribution in [3.05, 3.63) is 52.6 Å². The second-order valence-electron chi connectivity index (χ2n) is 5.98. The van der Waals surface area contributed by atoms with E-state index >= 15 is 0 Å². The van der Waals surface area contributed by atoms with Gasteiger partial charge in [0.15, 0.2) is 11.7 Å². The molecule has 24 heavy (non-hydrogen) atoms. The Morgan fingerprint density at radius 1 is 1.12 bits per heavy atom. The molecule has 4 nitrogen and oxygen atoms in total. The van der Waals surface area contributed by atoms with Crippen LogP contribution in [0.5, 0.6) is 5.75 Å². The van der Waals surface area contributed by atoms with Gasteiger partial charge >= 0.3 is 0 Å². The van der Waals surface area contributed by atoms with E-state index in [2.05, 4.69) is 23.3 Å². The molecule has 0 aliphatic rings. The molecule has 3 aromatic rings. The van der Waals surface area contributed by atoms with Crippen molar-refractivity contribution >= 4 is 32.6 Å². The van der Waals surface area contributed by atoms with Crippen molar-refractivity contribution in [2.45, 2.75) is 27.7 Å². The van der Waals surface area contributed by atoms with Crippen LogP contribution < -0.4 is 10.1 Å². The van der Waals surface area contributed by atoms with Crippen molar-refractivity contribution in [3.8, 4) is 5.75 Å². The average molecular weight is 340 g/mol. The van der Waals surface area contributed by atoms with Crippen LogP contribution in [0.25, 0.3) is 10.2 Å². The molecule has 124 valence electrons. The fraction of sp³-hybridized carbons (Fsp3) is 0.263. The normalized spacial score (nSPS) is 10.8. The zero-order valence-electron chi connectivity index (χ0n) is 14.3. The van der Waals surface area contributed by atoms with E-state index in [9.17, 15) is 4.79 Å². The van der Waals surface area contributed by atoms with Crippen molar-refractivity contribution in [1.82, 2.24) is 4.98 Å². The van der Waals surface area contributed by atoms with Gasteiger partial charge in [0, 0.05) is 0 Å². The molecule has 5 heteroatoms. The number of hydrogen-bond acceptors (Lipinski definition) is 4. The highest BCUT2D eigenvalue weighted by Gasteiger charge is 2.11. The number of nitrogens with zero attached hydrogens (tertiary/aromatic N) is 1. The summed E-state index contributed by atoms with van der Waals surface area (Å²) in [7, 11) is 0. The van der Waals surface area contributed by atoms with Gasteiger partial charge in [-0.05, 0) is 62.1 Å². The second-order valence-corrected chi connectivity index (χ2v) is 7.01. The van der Waals surface area contributed by atoms with Crippen LogP contribution >= 0.6 is 11.3 Å². The van der Waals surface area contributed by atoms with Crippen molar-refractivity contribution < 1.29 is 9.53 Å². The van der Waals surface area contributed by atoms with Crippen LogP contribution in [0.15, 0.2) is 30.3 Å². The van der Waals surface area contributed by atoms with Gasteiger partial charge in [-0.2, -0.15) is 0 Å². The molecule has 0 aliphatic heterocycles. The van der Waals surface area contributed by atoms with E-state index in [1.807, 2.05) is 45.0 Å². The third-order valence-electron chi connectivity index (χ3n) is 4.03. The number of anilines is 1. The molecule has 0 bridgehead atoms. The number of carbonyl (C=O) groups excluding carboxylic acids is 1. The van der Waals surface area contributed by atoms with Crippen LogP contribution in [0.3, 0.4) is 0 Å². The van der Waals surface area contributed by atoms with Gasteiger partial charge in [-0.3, -0.25) is 10.1 Å². The average Bonchev–Trinajstić information content (AvgIpc) is 2.95. The summed E-state index contributed by atoms with van der Waals surface area (Å²) in [5, 5.41) is 3.43. The molecular formula is C19H20N2O2S. The van der Waals surface area contributed by atoms with E-state index in [0.29, 0.717) is 5.13 Å². The molecule has 1 N–H and O–H groups in total. The standard InChI is InChI=1S/C19H20N2O2S/c1-11-5-6-13(3)15(9-11)23-10-17(22)20-19-21-18-14(4)12(2)7-8-16(18)24-19/h5-9H,10H2,1-4H3,(H,20,21,22). The maximum atomic E-state index is 12.1. The van der Waals surface area contributed by atoms with Crippen LogP contribution in [0.1, 0.15) is 22.3 Å². The number of amides is 1. The van der Waals surface area contributed by atoms with Gasteiger partial charge in [0.05, 0.1) is 10.2 Å². The van der Waals surface area contributed by atoms with Crippen LogP contribution in [0.2, 0.25) is 0 Å². The lowest BCUT2D eigenvalue weighted by Crippen LogP contribution is -2.20. The van der Waals surface area contributed by atoms with E-state index in [1.54, 1.807) is 0 Å². The van der Waals surface area contributed by atoms with Gasteiger partial charge in [-0.1, -0.05) is 29.5 Å². The van der Waals surface area contributed by atoms with Gasteiger partial charge in [0.1, 0.15) is 5.75 Å². The Kier molecular flexibility index (Phi) is 4.53. The Morgan fingerprint density at radius 2 is 1.88 bits per heavy atom. The van der Waals surface area contributed by atoms with Crippen molar-refractivity contribution in [1.29, 1.82) is 0 Å². The highest BCUT2D eigenvalue weighted by molar-refractivity contribution is 7.22. The Balaban J connectivity index is 1.69. The van der Waals surface area contributed by atoms with E-state index in [1.165, 1.54) is 16.9 Å². The number of aryl methyl sites for hydroxylation is 4. The largest absolute Gasteiger partial charge is 0.483 e. The molecule has 2 aromatic carbocycles. The van der Waals surface area contributed by atoms with E-state index in [4.69, 9.17) is 4.74 Å². The maximum Gasteiger partial charge on any atom is 0.264 e. The number of ether oxygens (including phenoxy) is 1. The minimum absolute atomic E-state index is 0.0295.